The van der Waals surface area contributed by atoms with Gasteiger partial charge in [0, 0.05) is 19.5 Å². The zero-order valence-corrected chi connectivity index (χ0v) is 14.6. The van der Waals surface area contributed by atoms with E-state index >= 15 is 0 Å². The first-order valence-corrected chi connectivity index (χ1v) is 9.38. The molecule has 2 aliphatic heterocycles. The lowest BCUT2D eigenvalue weighted by Gasteiger charge is -2.24. The fraction of sp³-hybridized carbons (Fsp3) is 0.550. The lowest BCUT2D eigenvalue weighted by molar-refractivity contribution is 0.369. The van der Waals surface area contributed by atoms with E-state index < -0.39 is 0 Å². The van der Waals surface area contributed by atoms with Gasteiger partial charge < -0.3 is 10.6 Å². The third kappa shape index (κ3) is 2.36. The van der Waals surface area contributed by atoms with E-state index in [0.717, 1.165) is 67.5 Å². The Hall–Kier alpha value is -2.03. The summed E-state index contributed by atoms with van der Waals surface area (Å²) in [7, 11) is 1.87. The second kappa shape index (κ2) is 5.76. The number of nitrogens with zero attached hydrogens (tertiary/aromatic N) is 2. The Bertz CT molecular complexity index is 928. The molecule has 25 heavy (non-hydrogen) atoms. The van der Waals surface area contributed by atoms with Gasteiger partial charge in [-0.05, 0) is 56.4 Å². The van der Waals surface area contributed by atoms with Crippen molar-refractivity contribution in [2.45, 2.75) is 18.9 Å². The maximum Gasteiger partial charge on any atom is 0.329 e. The monoisotopic (exact) mass is 336 g/mol. The van der Waals surface area contributed by atoms with Gasteiger partial charge in [0.05, 0.1) is 22.6 Å². The van der Waals surface area contributed by atoms with E-state index in [4.69, 9.17) is 0 Å². The highest BCUT2D eigenvalue weighted by Gasteiger charge is 2.51. The minimum absolute atomic E-state index is 0.0745. The molecule has 0 bridgehead atoms. The molecular weight excluding hydrogens is 312 g/mol. The van der Waals surface area contributed by atoms with E-state index in [1.54, 1.807) is 4.57 Å². The first-order chi connectivity index (χ1) is 12.3. The SMILES string of the molecule is Cn1c(=O)n(C2CCCNC2)c2cccc(C#CC3[C@H]4CNC[C@@H]34)c21. The van der Waals surface area contributed by atoms with Gasteiger partial charge in [0.25, 0.3) is 0 Å². The maximum atomic E-state index is 12.9. The Morgan fingerprint density at radius 2 is 2.00 bits per heavy atom. The second-order valence-corrected chi connectivity index (χ2v) is 7.67. The summed E-state index contributed by atoms with van der Waals surface area (Å²) in [5.74, 6) is 8.90. The molecule has 2 saturated heterocycles. The minimum atomic E-state index is 0.0745. The first-order valence-electron chi connectivity index (χ1n) is 9.38. The van der Waals surface area contributed by atoms with Crippen molar-refractivity contribution in [2.75, 3.05) is 26.2 Å². The predicted octanol–water partition coefficient (Wildman–Crippen LogP) is 1.08. The third-order valence-corrected chi connectivity index (χ3v) is 6.20. The number of benzene rings is 1. The molecule has 130 valence electrons. The number of fused-ring (bicyclic) bond motifs is 2. The van der Waals surface area contributed by atoms with Crippen LogP contribution in [0.15, 0.2) is 23.0 Å². The van der Waals surface area contributed by atoms with Crippen molar-refractivity contribution in [3.8, 4) is 11.8 Å². The molecule has 0 radical (unpaired) electrons. The maximum absolute atomic E-state index is 12.9. The van der Waals surface area contributed by atoms with Gasteiger partial charge >= 0.3 is 5.69 Å². The van der Waals surface area contributed by atoms with Crippen molar-refractivity contribution in [2.24, 2.45) is 24.8 Å². The number of piperidine rings is 2. The van der Waals surface area contributed by atoms with Crippen LogP contribution in [0.3, 0.4) is 0 Å². The average Bonchev–Trinajstić information content (AvgIpc) is 2.97. The van der Waals surface area contributed by atoms with Crippen molar-refractivity contribution in [3.63, 3.8) is 0 Å². The largest absolute Gasteiger partial charge is 0.329 e. The molecule has 1 aliphatic carbocycles. The average molecular weight is 336 g/mol. The Labute approximate surface area is 147 Å². The van der Waals surface area contributed by atoms with Gasteiger partial charge in [0.15, 0.2) is 0 Å². The lowest BCUT2D eigenvalue weighted by Crippen LogP contribution is -2.36. The second-order valence-electron chi connectivity index (χ2n) is 7.67. The van der Waals surface area contributed by atoms with Gasteiger partial charge in [-0.25, -0.2) is 4.79 Å². The first kappa shape index (κ1) is 15.2. The van der Waals surface area contributed by atoms with Crippen LogP contribution in [0.5, 0.6) is 0 Å². The van der Waals surface area contributed by atoms with Crippen molar-refractivity contribution in [1.29, 1.82) is 0 Å². The van der Waals surface area contributed by atoms with Crippen molar-refractivity contribution >= 4 is 11.0 Å². The van der Waals surface area contributed by atoms with Crippen LogP contribution in [0, 0.1) is 29.6 Å². The van der Waals surface area contributed by atoms with Crippen molar-refractivity contribution < 1.29 is 0 Å². The summed E-state index contributed by atoms with van der Waals surface area (Å²) >= 11 is 0. The van der Waals surface area contributed by atoms with Crippen LogP contribution in [-0.2, 0) is 7.05 Å². The molecule has 2 unspecified atom stereocenters. The highest BCUT2D eigenvalue weighted by atomic mass is 16.1. The Morgan fingerprint density at radius 1 is 1.16 bits per heavy atom. The highest BCUT2D eigenvalue weighted by Crippen LogP contribution is 2.48. The number of aryl methyl sites for hydroxylation is 1. The smallest absolute Gasteiger partial charge is 0.316 e. The van der Waals surface area contributed by atoms with E-state index in [-0.39, 0.29) is 11.7 Å². The summed E-state index contributed by atoms with van der Waals surface area (Å²) in [6.45, 7) is 4.13. The Morgan fingerprint density at radius 3 is 2.76 bits per heavy atom. The number of nitrogens with one attached hydrogen (secondary N) is 2. The highest BCUT2D eigenvalue weighted by molar-refractivity contribution is 5.83. The fourth-order valence-electron chi connectivity index (χ4n) is 4.74. The molecule has 1 aromatic heterocycles. The zero-order chi connectivity index (χ0) is 17.0. The molecule has 2 N–H and O–H groups in total. The summed E-state index contributed by atoms with van der Waals surface area (Å²) < 4.78 is 3.76. The van der Waals surface area contributed by atoms with E-state index in [1.807, 2.05) is 17.7 Å². The molecule has 1 saturated carbocycles. The molecule has 0 amide bonds. The van der Waals surface area contributed by atoms with Crippen LogP contribution in [0.1, 0.15) is 24.4 Å². The molecular formula is C20H24N4O. The van der Waals surface area contributed by atoms with Gasteiger partial charge in [-0.1, -0.05) is 17.9 Å². The number of aromatic nitrogens is 2. The summed E-state index contributed by atoms with van der Waals surface area (Å²) in [5, 5.41) is 6.83. The topological polar surface area (TPSA) is 51.0 Å². The summed E-state index contributed by atoms with van der Waals surface area (Å²) in [6, 6.07) is 6.39. The van der Waals surface area contributed by atoms with Gasteiger partial charge in [-0.2, -0.15) is 0 Å². The number of hydrogen-bond acceptors (Lipinski definition) is 3. The Balaban J connectivity index is 1.57. The van der Waals surface area contributed by atoms with Gasteiger partial charge in [-0.15, -0.1) is 0 Å². The molecule has 5 rings (SSSR count). The molecule has 4 atom stereocenters. The normalized spacial score (nSPS) is 30.8. The van der Waals surface area contributed by atoms with Crippen LogP contribution < -0.4 is 16.3 Å². The number of imidazole rings is 1. The molecule has 3 heterocycles. The standard InChI is InChI=1S/C20H24N4O/c1-23-19-13(7-8-15-16-11-22-12-17(15)16)4-2-6-18(19)24(20(23)25)14-5-3-9-21-10-14/h2,4,6,14-17,21-22H,3,5,9-12H2,1H3/t14?,15?,16-,17+. The number of hydrogen-bond donors (Lipinski definition) is 2. The van der Waals surface area contributed by atoms with Crippen LogP contribution in [0.25, 0.3) is 11.0 Å². The third-order valence-electron chi connectivity index (χ3n) is 6.20. The molecule has 1 aromatic carbocycles. The summed E-state index contributed by atoms with van der Waals surface area (Å²) in [4.78, 5) is 12.9. The zero-order valence-electron chi connectivity index (χ0n) is 14.6. The summed E-state index contributed by atoms with van der Waals surface area (Å²) in [6.07, 6.45) is 2.17. The molecule has 2 aromatic rings. The van der Waals surface area contributed by atoms with E-state index in [2.05, 4.69) is 34.6 Å². The van der Waals surface area contributed by atoms with E-state index in [9.17, 15) is 4.79 Å². The van der Waals surface area contributed by atoms with Crippen LogP contribution >= 0.6 is 0 Å². The molecule has 5 nitrogen and oxygen atoms in total. The molecule has 5 heteroatoms. The van der Waals surface area contributed by atoms with Gasteiger partial charge in [-0.3, -0.25) is 9.13 Å². The Kier molecular flexibility index (Phi) is 3.51. The van der Waals surface area contributed by atoms with Crippen LogP contribution in [-0.4, -0.2) is 35.3 Å². The lowest BCUT2D eigenvalue weighted by atomic mass is 10.1. The summed E-state index contributed by atoms with van der Waals surface area (Å²) in [5.41, 5.74) is 3.06. The van der Waals surface area contributed by atoms with Crippen LogP contribution in [0.2, 0.25) is 0 Å². The number of para-hydroxylation sites is 1. The van der Waals surface area contributed by atoms with Crippen molar-refractivity contribution in [3.05, 3.63) is 34.2 Å². The molecule has 0 spiro atoms. The van der Waals surface area contributed by atoms with Gasteiger partial charge in [0.2, 0.25) is 0 Å². The van der Waals surface area contributed by atoms with Crippen LogP contribution in [0.4, 0.5) is 0 Å². The van der Waals surface area contributed by atoms with E-state index in [1.165, 1.54) is 0 Å². The quantitative estimate of drug-likeness (QED) is 0.767. The van der Waals surface area contributed by atoms with Gasteiger partial charge in [0.1, 0.15) is 0 Å². The minimum Gasteiger partial charge on any atom is -0.316 e. The number of rotatable bonds is 1. The predicted molar refractivity (Wildman–Crippen MR) is 98.5 cm³/mol. The molecule has 3 aliphatic rings. The van der Waals surface area contributed by atoms with Crippen molar-refractivity contribution in [1.82, 2.24) is 19.8 Å². The van der Waals surface area contributed by atoms with E-state index in [0.29, 0.717) is 5.92 Å². The molecule has 3 fully saturated rings. The fourth-order valence-corrected chi connectivity index (χ4v) is 4.74.